The molecule has 0 aliphatic heterocycles. The van der Waals surface area contributed by atoms with E-state index in [-0.39, 0.29) is 0 Å². The molecule has 0 bridgehead atoms. The van der Waals surface area contributed by atoms with E-state index < -0.39 is 0 Å². The number of nitrogens with one attached hydrogen (secondary N) is 1. The van der Waals surface area contributed by atoms with E-state index in [9.17, 15) is 0 Å². The van der Waals surface area contributed by atoms with Crippen molar-refractivity contribution in [1.29, 1.82) is 0 Å². The van der Waals surface area contributed by atoms with Crippen molar-refractivity contribution in [3.8, 4) is 0 Å². The molecule has 106 valence electrons. The van der Waals surface area contributed by atoms with Gasteiger partial charge in [-0.15, -0.1) is 0 Å². The largest absolute Gasteiger partial charge is 0.313 e. The average molecular weight is 251 g/mol. The molecule has 1 atom stereocenters. The Balaban J connectivity index is 1.91. The summed E-state index contributed by atoms with van der Waals surface area (Å²) in [6.45, 7) is 8.42. The molecule has 0 heterocycles. The third-order valence-electron chi connectivity index (χ3n) is 5.43. The van der Waals surface area contributed by atoms with E-state index >= 15 is 0 Å². The van der Waals surface area contributed by atoms with Crippen LogP contribution in [-0.2, 0) is 0 Å². The highest BCUT2D eigenvalue weighted by Crippen LogP contribution is 2.42. The molecule has 2 aliphatic rings. The molecule has 1 heteroatoms. The van der Waals surface area contributed by atoms with Gasteiger partial charge >= 0.3 is 0 Å². The third kappa shape index (κ3) is 3.73. The van der Waals surface area contributed by atoms with Gasteiger partial charge in [0.2, 0.25) is 0 Å². The van der Waals surface area contributed by atoms with Crippen molar-refractivity contribution in [2.24, 2.45) is 17.3 Å². The lowest BCUT2D eigenvalue weighted by atomic mass is 9.69. The molecule has 0 aromatic heterocycles. The molecule has 1 unspecified atom stereocenters. The first kappa shape index (κ1) is 14.4. The molecule has 18 heavy (non-hydrogen) atoms. The van der Waals surface area contributed by atoms with Crippen LogP contribution in [0, 0.1) is 17.3 Å². The summed E-state index contributed by atoms with van der Waals surface area (Å²) in [6.07, 6.45) is 13.0. The standard InChI is InChI=1S/C17H33N/c1-4-13-18-16(14-7-5-6-8-14)15-9-11-17(2,3)12-10-15/h14-16,18H,4-13H2,1-3H3. The smallest absolute Gasteiger partial charge is 0.0124 e. The zero-order valence-electron chi connectivity index (χ0n) is 12.8. The van der Waals surface area contributed by atoms with Crippen LogP contribution in [0.15, 0.2) is 0 Å². The van der Waals surface area contributed by atoms with Crippen LogP contribution in [0.25, 0.3) is 0 Å². The Morgan fingerprint density at radius 1 is 1.00 bits per heavy atom. The summed E-state index contributed by atoms with van der Waals surface area (Å²) in [5, 5.41) is 3.91. The van der Waals surface area contributed by atoms with Crippen LogP contribution in [0.2, 0.25) is 0 Å². The fourth-order valence-electron chi connectivity index (χ4n) is 4.13. The first-order valence-electron chi connectivity index (χ1n) is 8.36. The van der Waals surface area contributed by atoms with Gasteiger partial charge in [-0.2, -0.15) is 0 Å². The first-order chi connectivity index (χ1) is 8.62. The molecular formula is C17H33N. The predicted molar refractivity (Wildman–Crippen MR) is 79.8 cm³/mol. The number of rotatable bonds is 5. The minimum Gasteiger partial charge on any atom is -0.313 e. The Bertz CT molecular complexity index is 230. The Labute approximate surface area is 114 Å². The van der Waals surface area contributed by atoms with Crippen LogP contribution in [0.1, 0.15) is 78.6 Å². The molecular weight excluding hydrogens is 218 g/mol. The van der Waals surface area contributed by atoms with E-state index in [1.807, 2.05) is 0 Å². The van der Waals surface area contributed by atoms with Crippen LogP contribution < -0.4 is 5.32 Å². The van der Waals surface area contributed by atoms with Gasteiger partial charge in [-0.1, -0.05) is 33.6 Å². The average Bonchev–Trinajstić information content (AvgIpc) is 2.85. The fourth-order valence-corrected chi connectivity index (χ4v) is 4.13. The zero-order valence-corrected chi connectivity index (χ0v) is 12.8. The van der Waals surface area contributed by atoms with Gasteiger partial charge in [0, 0.05) is 6.04 Å². The van der Waals surface area contributed by atoms with E-state index in [0.29, 0.717) is 5.41 Å². The van der Waals surface area contributed by atoms with Gasteiger partial charge in [0.25, 0.3) is 0 Å². The van der Waals surface area contributed by atoms with Gasteiger partial charge in [-0.3, -0.25) is 0 Å². The summed E-state index contributed by atoms with van der Waals surface area (Å²) in [7, 11) is 0. The highest BCUT2D eigenvalue weighted by Gasteiger charge is 2.35. The van der Waals surface area contributed by atoms with Gasteiger partial charge in [-0.05, 0) is 68.7 Å². The van der Waals surface area contributed by atoms with E-state index in [4.69, 9.17) is 0 Å². The molecule has 0 saturated heterocycles. The van der Waals surface area contributed by atoms with Gasteiger partial charge in [0.15, 0.2) is 0 Å². The van der Waals surface area contributed by atoms with Crippen molar-refractivity contribution in [3.05, 3.63) is 0 Å². The highest BCUT2D eigenvalue weighted by molar-refractivity contribution is 4.90. The van der Waals surface area contributed by atoms with E-state index in [1.54, 1.807) is 0 Å². The molecule has 1 nitrogen and oxygen atoms in total. The summed E-state index contributed by atoms with van der Waals surface area (Å²) in [4.78, 5) is 0. The van der Waals surface area contributed by atoms with E-state index in [0.717, 1.165) is 17.9 Å². The van der Waals surface area contributed by atoms with Crippen LogP contribution in [-0.4, -0.2) is 12.6 Å². The maximum Gasteiger partial charge on any atom is 0.0124 e. The highest BCUT2D eigenvalue weighted by atomic mass is 14.9. The number of hydrogen-bond acceptors (Lipinski definition) is 1. The van der Waals surface area contributed by atoms with Crippen LogP contribution in [0.5, 0.6) is 0 Å². The topological polar surface area (TPSA) is 12.0 Å². The summed E-state index contributed by atoms with van der Waals surface area (Å²) in [6, 6.07) is 0.837. The number of hydrogen-bond donors (Lipinski definition) is 1. The second kappa shape index (κ2) is 6.41. The molecule has 2 aliphatic carbocycles. The SMILES string of the molecule is CCCNC(C1CCCC1)C1CCC(C)(C)CC1. The molecule has 2 fully saturated rings. The third-order valence-corrected chi connectivity index (χ3v) is 5.43. The van der Waals surface area contributed by atoms with Gasteiger partial charge < -0.3 is 5.32 Å². The van der Waals surface area contributed by atoms with Gasteiger partial charge in [-0.25, -0.2) is 0 Å². The molecule has 0 aromatic rings. The zero-order chi connectivity index (χ0) is 13.0. The monoisotopic (exact) mass is 251 g/mol. The molecule has 0 aromatic carbocycles. The Hall–Kier alpha value is -0.0400. The lowest BCUT2D eigenvalue weighted by Gasteiger charge is -2.40. The minimum absolute atomic E-state index is 0.613. The van der Waals surface area contributed by atoms with Crippen molar-refractivity contribution in [2.45, 2.75) is 84.6 Å². The van der Waals surface area contributed by atoms with E-state index in [2.05, 4.69) is 26.1 Å². The van der Waals surface area contributed by atoms with Gasteiger partial charge in [0.1, 0.15) is 0 Å². The van der Waals surface area contributed by atoms with Crippen LogP contribution >= 0.6 is 0 Å². The molecule has 0 spiro atoms. The lowest BCUT2D eigenvalue weighted by Crippen LogP contribution is -2.44. The predicted octanol–water partition coefficient (Wildman–Crippen LogP) is 4.76. The summed E-state index contributed by atoms with van der Waals surface area (Å²) in [5.74, 6) is 1.95. The normalized spacial score (nSPS) is 27.5. The second-order valence-corrected chi connectivity index (χ2v) is 7.53. The quantitative estimate of drug-likeness (QED) is 0.743. The molecule has 0 radical (unpaired) electrons. The van der Waals surface area contributed by atoms with Crippen LogP contribution in [0.3, 0.4) is 0 Å². The minimum atomic E-state index is 0.613. The van der Waals surface area contributed by atoms with Gasteiger partial charge in [0.05, 0.1) is 0 Å². The molecule has 2 saturated carbocycles. The Morgan fingerprint density at radius 3 is 2.11 bits per heavy atom. The van der Waals surface area contributed by atoms with E-state index in [1.165, 1.54) is 64.3 Å². The summed E-state index contributed by atoms with van der Waals surface area (Å²) >= 11 is 0. The van der Waals surface area contributed by atoms with Crippen molar-refractivity contribution in [2.75, 3.05) is 6.54 Å². The molecule has 0 amide bonds. The Kier molecular flexibility index (Phi) is 5.12. The molecule has 1 N–H and O–H groups in total. The fraction of sp³-hybridized carbons (Fsp3) is 1.00. The van der Waals surface area contributed by atoms with Crippen molar-refractivity contribution in [3.63, 3.8) is 0 Å². The maximum absolute atomic E-state index is 3.91. The Morgan fingerprint density at radius 2 is 1.56 bits per heavy atom. The summed E-state index contributed by atoms with van der Waals surface area (Å²) in [5.41, 5.74) is 0.613. The maximum atomic E-state index is 3.91. The second-order valence-electron chi connectivity index (χ2n) is 7.53. The molecule has 2 rings (SSSR count). The lowest BCUT2D eigenvalue weighted by molar-refractivity contribution is 0.136. The first-order valence-corrected chi connectivity index (χ1v) is 8.36. The van der Waals surface area contributed by atoms with Crippen LogP contribution in [0.4, 0.5) is 0 Å². The van der Waals surface area contributed by atoms with Crippen molar-refractivity contribution < 1.29 is 0 Å². The van der Waals surface area contributed by atoms with Crippen molar-refractivity contribution >= 4 is 0 Å². The van der Waals surface area contributed by atoms with Crippen molar-refractivity contribution in [1.82, 2.24) is 5.32 Å². The summed E-state index contributed by atoms with van der Waals surface area (Å²) < 4.78 is 0.